The van der Waals surface area contributed by atoms with E-state index in [0.717, 1.165) is 34.8 Å². The summed E-state index contributed by atoms with van der Waals surface area (Å²) >= 11 is 0. The van der Waals surface area contributed by atoms with E-state index in [1.54, 1.807) is 6.26 Å². The zero-order valence-corrected chi connectivity index (χ0v) is 12.4. The Morgan fingerprint density at radius 2 is 1.83 bits per heavy atom. The molecule has 4 heterocycles. The predicted molar refractivity (Wildman–Crippen MR) is 89.9 cm³/mol. The number of pyridine rings is 1. The van der Waals surface area contributed by atoms with Crippen LogP contribution < -0.4 is 0 Å². The number of fused-ring (bicyclic) bond motifs is 3. The Morgan fingerprint density at radius 3 is 2.65 bits per heavy atom. The number of hydrogen-bond donors (Lipinski definition) is 0. The first-order valence-electron chi connectivity index (χ1n) is 7.69. The largest absolute Gasteiger partial charge is 0.463 e. The van der Waals surface area contributed by atoms with Gasteiger partial charge in [-0.2, -0.15) is 0 Å². The molecule has 1 aromatic carbocycles. The molecule has 3 nitrogen and oxygen atoms in total. The van der Waals surface area contributed by atoms with E-state index in [9.17, 15) is 0 Å². The summed E-state index contributed by atoms with van der Waals surface area (Å²) in [6.07, 6.45) is 3.80. The fourth-order valence-electron chi connectivity index (χ4n) is 3.29. The Morgan fingerprint density at radius 1 is 0.913 bits per heavy atom. The summed E-state index contributed by atoms with van der Waals surface area (Å²) in [5.41, 5.74) is 6.66. The minimum Gasteiger partial charge on any atom is -0.463 e. The average molecular weight is 298 g/mol. The van der Waals surface area contributed by atoms with Crippen molar-refractivity contribution in [2.75, 3.05) is 0 Å². The van der Waals surface area contributed by atoms with Crippen molar-refractivity contribution in [3.8, 4) is 34.0 Å². The highest BCUT2D eigenvalue weighted by molar-refractivity contribution is 5.82. The van der Waals surface area contributed by atoms with Crippen LogP contribution in [0.3, 0.4) is 0 Å². The van der Waals surface area contributed by atoms with E-state index >= 15 is 0 Å². The molecule has 5 rings (SSSR count). The lowest BCUT2D eigenvalue weighted by Crippen LogP contribution is -1.94. The van der Waals surface area contributed by atoms with Crippen LogP contribution in [0.1, 0.15) is 5.56 Å². The van der Waals surface area contributed by atoms with Gasteiger partial charge in [-0.05, 0) is 35.9 Å². The van der Waals surface area contributed by atoms with Gasteiger partial charge in [0.2, 0.25) is 0 Å². The fraction of sp³-hybridized carbons (Fsp3) is 0.0500. The highest BCUT2D eigenvalue weighted by atomic mass is 16.3. The Kier molecular flexibility index (Phi) is 2.56. The molecule has 4 aromatic rings. The zero-order valence-electron chi connectivity index (χ0n) is 12.4. The summed E-state index contributed by atoms with van der Waals surface area (Å²) in [4.78, 5) is 4.97. The van der Waals surface area contributed by atoms with E-state index in [4.69, 9.17) is 9.40 Å². The maximum absolute atomic E-state index is 5.64. The maximum atomic E-state index is 5.64. The molecule has 0 fully saturated rings. The molecule has 0 bridgehead atoms. The molecule has 3 aromatic heterocycles. The van der Waals surface area contributed by atoms with Crippen molar-refractivity contribution in [2.24, 2.45) is 0 Å². The lowest BCUT2D eigenvalue weighted by molar-refractivity contribution is 0.580. The quantitative estimate of drug-likeness (QED) is 0.467. The van der Waals surface area contributed by atoms with Crippen molar-refractivity contribution in [3.05, 3.63) is 78.7 Å². The molecular formula is C20H14N2O. The van der Waals surface area contributed by atoms with Crippen molar-refractivity contribution in [1.29, 1.82) is 0 Å². The first-order valence-corrected chi connectivity index (χ1v) is 7.69. The SMILES string of the molecule is c1ccc(-c2cc3c(nc2-c2ccco2)-c2cccn2C3)cc1. The van der Waals surface area contributed by atoms with Gasteiger partial charge < -0.3 is 8.98 Å². The molecule has 0 unspecified atom stereocenters. The summed E-state index contributed by atoms with van der Waals surface area (Å²) in [5, 5.41) is 0. The normalized spacial score (nSPS) is 12.2. The van der Waals surface area contributed by atoms with Crippen LogP contribution in [0.15, 0.2) is 77.5 Å². The summed E-state index contributed by atoms with van der Waals surface area (Å²) in [7, 11) is 0. The van der Waals surface area contributed by atoms with Crippen LogP contribution in [0.25, 0.3) is 34.0 Å². The highest BCUT2D eigenvalue weighted by Gasteiger charge is 2.23. The molecule has 1 aliphatic heterocycles. The lowest BCUT2D eigenvalue weighted by Gasteiger charge is -2.10. The number of hydrogen-bond acceptors (Lipinski definition) is 2. The summed E-state index contributed by atoms with van der Waals surface area (Å²) < 4.78 is 7.88. The van der Waals surface area contributed by atoms with Gasteiger partial charge in [-0.1, -0.05) is 30.3 Å². The number of nitrogens with zero attached hydrogens (tertiary/aromatic N) is 2. The monoisotopic (exact) mass is 298 g/mol. The molecule has 0 spiro atoms. The van der Waals surface area contributed by atoms with Gasteiger partial charge in [0.05, 0.1) is 17.7 Å². The predicted octanol–water partition coefficient (Wildman–Crippen LogP) is 4.84. The van der Waals surface area contributed by atoms with Crippen LogP contribution in [0.2, 0.25) is 0 Å². The molecular weight excluding hydrogens is 284 g/mol. The lowest BCUT2D eigenvalue weighted by atomic mass is 9.99. The Balaban J connectivity index is 1.79. The molecule has 0 atom stereocenters. The van der Waals surface area contributed by atoms with Crippen molar-refractivity contribution in [1.82, 2.24) is 9.55 Å². The third kappa shape index (κ3) is 1.87. The molecule has 0 saturated carbocycles. The second-order valence-electron chi connectivity index (χ2n) is 5.76. The van der Waals surface area contributed by atoms with Crippen molar-refractivity contribution in [2.45, 2.75) is 6.54 Å². The van der Waals surface area contributed by atoms with Crippen molar-refractivity contribution < 1.29 is 4.42 Å². The van der Waals surface area contributed by atoms with Gasteiger partial charge in [0.1, 0.15) is 5.69 Å². The molecule has 0 amide bonds. The maximum Gasteiger partial charge on any atom is 0.152 e. The van der Waals surface area contributed by atoms with E-state index < -0.39 is 0 Å². The van der Waals surface area contributed by atoms with Crippen LogP contribution in [-0.4, -0.2) is 9.55 Å². The summed E-state index contributed by atoms with van der Waals surface area (Å²) in [6, 6.07) is 20.7. The van der Waals surface area contributed by atoms with Crippen LogP contribution in [0, 0.1) is 0 Å². The van der Waals surface area contributed by atoms with Gasteiger partial charge in [0.25, 0.3) is 0 Å². The van der Waals surface area contributed by atoms with Crippen molar-refractivity contribution >= 4 is 0 Å². The number of benzene rings is 1. The van der Waals surface area contributed by atoms with E-state index in [1.165, 1.54) is 11.3 Å². The number of aromatic nitrogens is 2. The first-order chi connectivity index (χ1) is 11.4. The Labute approximate surface area is 133 Å². The molecule has 0 saturated heterocycles. The molecule has 0 aliphatic carbocycles. The second kappa shape index (κ2) is 4.71. The molecule has 1 aliphatic rings. The molecule has 3 heteroatoms. The first kappa shape index (κ1) is 12.5. The van der Waals surface area contributed by atoms with Gasteiger partial charge in [-0.25, -0.2) is 4.98 Å². The van der Waals surface area contributed by atoms with Crippen LogP contribution in [-0.2, 0) is 6.54 Å². The van der Waals surface area contributed by atoms with E-state index in [2.05, 4.69) is 53.2 Å². The minimum atomic E-state index is 0.802. The smallest absolute Gasteiger partial charge is 0.152 e. The average Bonchev–Trinajstić information content (AvgIpc) is 3.31. The minimum absolute atomic E-state index is 0.802. The van der Waals surface area contributed by atoms with Crippen molar-refractivity contribution in [3.63, 3.8) is 0 Å². The third-order valence-corrected chi connectivity index (χ3v) is 4.35. The second-order valence-corrected chi connectivity index (χ2v) is 5.76. The van der Waals surface area contributed by atoms with Crippen LogP contribution in [0.5, 0.6) is 0 Å². The number of rotatable bonds is 2. The molecule has 110 valence electrons. The Hall–Kier alpha value is -3.07. The van der Waals surface area contributed by atoms with E-state index in [0.29, 0.717) is 0 Å². The highest BCUT2D eigenvalue weighted by Crippen LogP contribution is 2.38. The van der Waals surface area contributed by atoms with Gasteiger partial charge in [-0.3, -0.25) is 0 Å². The molecule has 23 heavy (non-hydrogen) atoms. The molecule has 0 radical (unpaired) electrons. The fourth-order valence-corrected chi connectivity index (χ4v) is 3.29. The summed E-state index contributed by atoms with van der Waals surface area (Å²) in [6.45, 7) is 0.878. The van der Waals surface area contributed by atoms with E-state index in [1.807, 2.05) is 18.2 Å². The van der Waals surface area contributed by atoms with Gasteiger partial charge in [0.15, 0.2) is 5.76 Å². The summed E-state index contributed by atoms with van der Waals surface area (Å²) in [5.74, 6) is 0.802. The Bertz CT molecular complexity index is 982. The van der Waals surface area contributed by atoms with E-state index in [-0.39, 0.29) is 0 Å². The third-order valence-electron chi connectivity index (χ3n) is 4.35. The van der Waals surface area contributed by atoms with Gasteiger partial charge >= 0.3 is 0 Å². The van der Waals surface area contributed by atoms with Crippen LogP contribution >= 0.6 is 0 Å². The molecule has 0 N–H and O–H groups in total. The van der Waals surface area contributed by atoms with Gasteiger partial charge in [-0.15, -0.1) is 0 Å². The van der Waals surface area contributed by atoms with Crippen LogP contribution in [0.4, 0.5) is 0 Å². The standard InChI is InChI=1S/C20H14N2O/c1-2-6-14(7-3-1)16-12-15-13-22-10-4-8-17(22)19(15)21-20(16)18-9-5-11-23-18/h1-12H,13H2. The van der Waals surface area contributed by atoms with Gasteiger partial charge in [0, 0.05) is 23.9 Å². The topological polar surface area (TPSA) is 31.0 Å². The number of furan rings is 1. The zero-order chi connectivity index (χ0) is 15.2.